The van der Waals surface area contributed by atoms with Crippen LogP contribution < -0.4 is 0 Å². The fraction of sp³-hybridized carbons (Fsp3) is 0.111. The van der Waals surface area contributed by atoms with Crippen LogP contribution in [-0.4, -0.2) is 11.4 Å². The Balaban J connectivity index is 2.58. The van der Waals surface area contributed by atoms with Gasteiger partial charge in [0.1, 0.15) is 5.17 Å². The second kappa shape index (κ2) is 3.07. The van der Waals surface area contributed by atoms with Crippen molar-refractivity contribution >= 4 is 34.4 Å². The van der Waals surface area contributed by atoms with E-state index in [2.05, 4.69) is 9.98 Å². The first-order valence-electron chi connectivity index (χ1n) is 3.71. The number of benzene rings is 1. The topological polar surface area (TPSA) is 24.7 Å². The molecule has 1 aromatic rings. The molecule has 3 heteroatoms. The van der Waals surface area contributed by atoms with Crippen LogP contribution in [-0.2, 0) is 0 Å². The van der Waals surface area contributed by atoms with Gasteiger partial charge in [0, 0.05) is 12.6 Å². The summed E-state index contributed by atoms with van der Waals surface area (Å²) in [6, 6.07) is 7.68. The lowest BCUT2D eigenvalue weighted by molar-refractivity contribution is 1.48. The van der Waals surface area contributed by atoms with Gasteiger partial charge < -0.3 is 0 Å². The first kappa shape index (κ1) is 7.50. The lowest BCUT2D eigenvalue weighted by Crippen LogP contribution is -1.83. The van der Waals surface area contributed by atoms with Crippen molar-refractivity contribution in [3.05, 3.63) is 24.3 Å². The van der Waals surface area contributed by atoms with Crippen LogP contribution in [0.5, 0.6) is 0 Å². The van der Waals surface area contributed by atoms with Crippen LogP contribution in [0.4, 0.5) is 11.4 Å². The van der Waals surface area contributed by atoms with Crippen molar-refractivity contribution in [3.63, 3.8) is 0 Å². The SMILES string of the molecule is ClC1=Nc2ccccc2N=CC1. The first-order chi connectivity index (χ1) is 5.86. The third-order valence-corrected chi connectivity index (χ3v) is 1.85. The number of hydrogen-bond donors (Lipinski definition) is 0. The number of aliphatic imine (C=N–C) groups is 2. The number of rotatable bonds is 0. The normalized spacial score (nSPS) is 14.9. The zero-order valence-corrected chi connectivity index (χ0v) is 7.12. The van der Waals surface area contributed by atoms with Crippen molar-refractivity contribution < 1.29 is 0 Å². The molecule has 1 aliphatic rings. The molecule has 1 aromatic carbocycles. The monoisotopic (exact) mass is 178 g/mol. The van der Waals surface area contributed by atoms with Crippen LogP contribution in [0.2, 0.25) is 0 Å². The molecule has 0 unspecified atom stereocenters. The van der Waals surface area contributed by atoms with Crippen LogP contribution in [0.3, 0.4) is 0 Å². The van der Waals surface area contributed by atoms with E-state index in [1.807, 2.05) is 24.3 Å². The average molecular weight is 179 g/mol. The molecule has 60 valence electrons. The Labute approximate surface area is 75.6 Å². The summed E-state index contributed by atoms with van der Waals surface area (Å²) >= 11 is 5.81. The highest BCUT2D eigenvalue weighted by Crippen LogP contribution is 2.29. The highest BCUT2D eigenvalue weighted by Gasteiger charge is 2.02. The Hall–Kier alpha value is -1.15. The molecule has 0 atom stereocenters. The molecule has 0 saturated heterocycles. The standard InChI is InChI=1S/C9H7ClN2/c10-9-5-6-11-7-3-1-2-4-8(7)12-9/h1-4,6H,5H2. The van der Waals surface area contributed by atoms with Crippen LogP contribution >= 0.6 is 11.6 Å². The van der Waals surface area contributed by atoms with E-state index in [4.69, 9.17) is 11.6 Å². The molecule has 2 nitrogen and oxygen atoms in total. The summed E-state index contributed by atoms with van der Waals surface area (Å²) in [6.07, 6.45) is 2.40. The maximum atomic E-state index is 5.81. The van der Waals surface area contributed by atoms with Gasteiger partial charge in [-0.15, -0.1) is 0 Å². The van der Waals surface area contributed by atoms with Crippen LogP contribution in [0.1, 0.15) is 6.42 Å². The van der Waals surface area contributed by atoms with E-state index in [9.17, 15) is 0 Å². The van der Waals surface area contributed by atoms with E-state index >= 15 is 0 Å². The smallest absolute Gasteiger partial charge is 0.112 e. The molecule has 0 fully saturated rings. The van der Waals surface area contributed by atoms with Crippen LogP contribution in [0.25, 0.3) is 0 Å². The predicted octanol–water partition coefficient (Wildman–Crippen LogP) is 3.06. The highest BCUT2D eigenvalue weighted by atomic mass is 35.5. The lowest BCUT2D eigenvalue weighted by atomic mass is 10.3. The molecule has 0 radical (unpaired) electrons. The largest absolute Gasteiger partial charge is 0.259 e. The van der Waals surface area contributed by atoms with Crippen molar-refractivity contribution in [3.8, 4) is 0 Å². The molecule has 2 rings (SSSR count). The van der Waals surface area contributed by atoms with Gasteiger partial charge in [-0.2, -0.15) is 0 Å². The quantitative estimate of drug-likeness (QED) is 0.584. The van der Waals surface area contributed by atoms with Crippen molar-refractivity contribution in [1.82, 2.24) is 0 Å². The fourth-order valence-electron chi connectivity index (χ4n) is 1.06. The third-order valence-electron chi connectivity index (χ3n) is 1.61. The molecule has 0 bridgehead atoms. The van der Waals surface area contributed by atoms with Crippen molar-refractivity contribution in [2.24, 2.45) is 9.98 Å². The van der Waals surface area contributed by atoms with Gasteiger partial charge in [-0.05, 0) is 12.1 Å². The maximum absolute atomic E-state index is 5.81. The Morgan fingerprint density at radius 1 is 1.17 bits per heavy atom. The summed E-state index contributed by atoms with van der Waals surface area (Å²) in [6.45, 7) is 0. The zero-order valence-electron chi connectivity index (χ0n) is 6.37. The molecular formula is C9H7ClN2. The molecule has 0 saturated carbocycles. The van der Waals surface area contributed by atoms with Crippen molar-refractivity contribution in [1.29, 1.82) is 0 Å². The predicted molar refractivity (Wildman–Crippen MR) is 52.2 cm³/mol. The minimum atomic E-state index is 0.587. The Morgan fingerprint density at radius 2 is 1.92 bits per heavy atom. The third kappa shape index (κ3) is 1.38. The van der Waals surface area contributed by atoms with E-state index < -0.39 is 0 Å². The second-order valence-electron chi connectivity index (χ2n) is 2.49. The van der Waals surface area contributed by atoms with E-state index in [-0.39, 0.29) is 0 Å². The molecule has 0 N–H and O–H groups in total. The average Bonchev–Trinajstić information content (AvgIpc) is 2.25. The van der Waals surface area contributed by atoms with Gasteiger partial charge in [0.05, 0.1) is 11.4 Å². The van der Waals surface area contributed by atoms with Gasteiger partial charge in [0.25, 0.3) is 0 Å². The van der Waals surface area contributed by atoms with Gasteiger partial charge >= 0.3 is 0 Å². The second-order valence-corrected chi connectivity index (χ2v) is 2.93. The summed E-state index contributed by atoms with van der Waals surface area (Å²) in [5, 5.41) is 0.587. The maximum Gasteiger partial charge on any atom is 0.112 e. The van der Waals surface area contributed by atoms with E-state index in [0.29, 0.717) is 11.6 Å². The molecule has 0 amide bonds. The van der Waals surface area contributed by atoms with Crippen molar-refractivity contribution in [2.45, 2.75) is 6.42 Å². The number of fused-ring (bicyclic) bond motifs is 1. The molecule has 1 heterocycles. The van der Waals surface area contributed by atoms with Crippen molar-refractivity contribution in [2.75, 3.05) is 0 Å². The molecule has 0 aromatic heterocycles. The molecule has 1 aliphatic heterocycles. The van der Waals surface area contributed by atoms with Crippen LogP contribution in [0.15, 0.2) is 34.3 Å². The summed E-state index contributed by atoms with van der Waals surface area (Å²) in [7, 11) is 0. The Morgan fingerprint density at radius 3 is 2.75 bits per heavy atom. The number of halogens is 1. The summed E-state index contributed by atoms with van der Waals surface area (Å²) in [5.41, 5.74) is 1.73. The minimum absolute atomic E-state index is 0.587. The summed E-state index contributed by atoms with van der Waals surface area (Å²) in [4.78, 5) is 8.41. The van der Waals surface area contributed by atoms with E-state index in [1.165, 1.54) is 0 Å². The zero-order chi connectivity index (χ0) is 8.39. The number of hydrogen-bond acceptors (Lipinski definition) is 2. The van der Waals surface area contributed by atoms with Gasteiger partial charge in [0.15, 0.2) is 0 Å². The number of nitrogens with zero attached hydrogens (tertiary/aromatic N) is 2. The molecule has 0 spiro atoms. The Kier molecular flexibility index (Phi) is 1.92. The molecule has 0 aliphatic carbocycles. The first-order valence-corrected chi connectivity index (χ1v) is 4.09. The minimum Gasteiger partial charge on any atom is -0.259 e. The van der Waals surface area contributed by atoms with Gasteiger partial charge in [0.2, 0.25) is 0 Å². The highest BCUT2D eigenvalue weighted by molar-refractivity contribution is 6.66. The molecular weight excluding hydrogens is 172 g/mol. The van der Waals surface area contributed by atoms with E-state index in [0.717, 1.165) is 11.4 Å². The summed E-state index contributed by atoms with van der Waals surface area (Å²) in [5.74, 6) is 0. The van der Waals surface area contributed by atoms with Gasteiger partial charge in [-0.1, -0.05) is 23.7 Å². The lowest BCUT2D eigenvalue weighted by Gasteiger charge is -1.95. The Bertz CT molecular complexity index is 355. The van der Waals surface area contributed by atoms with E-state index in [1.54, 1.807) is 6.21 Å². The van der Waals surface area contributed by atoms with Gasteiger partial charge in [-0.25, -0.2) is 4.99 Å². The fourth-order valence-corrected chi connectivity index (χ4v) is 1.22. The van der Waals surface area contributed by atoms with Crippen LogP contribution in [0, 0.1) is 0 Å². The number of para-hydroxylation sites is 2. The van der Waals surface area contributed by atoms with Gasteiger partial charge in [-0.3, -0.25) is 4.99 Å². The molecule has 12 heavy (non-hydrogen) atoms. The summed E-state index contributed by atoms with van der Waals surface area (Å²) < 4.78 is 0.